The summed E-state index contributed by atoms with van der Waals surface area (Å²) in [5.74, 6) is -2.37. The van der Waals surface area contributed by atoms with E-state index in [0.717, 1.165) is 23.0 Å². The van der Waals surface area contributed by atoms with E-state index in [1.165, 1.54) is 7.05 Å². The number of rotatable bonds is 3. The number of aromatic carboxylic acids is 1. The quantitative estimate of drug-likeness (QED) is 0.893. The second-order valence-corrected chi connectivity index (χ2v) is 4.92. The van der Waals surface area contributed by atoms with Crippen molar-refractivity contribution >= 4 is 29.2 Å². The summed E-state index contributed by atoms with van der Waals surface area (Å²) in [6.45, 7) is 0. The molecule has 2 rings (SSSR count). The van der Waals surface area contributed by atoms with Gasteiger partial charge in [0.1, 0.15) is 0 Å². The molecule has 1 heterocycles. The van der Waals surface area contributed by atoms with Gasteiger partial charge in [0, 0.05) is 13.2 Å². The van der Waals surface area contributed by atoms with Crippen molar-refractivity contribution in [3.8, 4) is 0 Å². The highest BCUT2D eigenvalue weighted by Gasteiger charge is 2.31. The van der Waals surface area contributed by atoms with Gasteiger partial charge in [0.2, 0.25) is 0 Å². The monoisotopic (exact) mass is 347 g/mol. The van der Waals surface area contributed by atoms with Crippen LogP contribution in [0.25, 0.3) is 0 Å². The van der Waals surface area contributed by atoms with E-state index in [2.05, 4.69) is 10.4 Å². The maximum atomic E-state index is 12.7. The van der Waals surface area contributed by atoms with Gasteiger partial charge in [-0.1, -0.05) is 11.6 Å². The van der Waals surface area contributed by atoms with Gasteiger partial charge in [-0.2, -0.15) is 18.3 Å². The van der Waals surface area contributed by atoms with E-state index in [1.807, 2.05) is 0 Å². The first kappa shape index (κ1) is 16.8. The lowest BCUT2D eigenvalue weighted by Gasteiger charge is -2.11. The Morgan fingerprint density at radius 2 is 2.00 bits per heavy atom. The summed E-state index contributed by atoms with van der Waals surface area (Å²) < 4.78 is 39.2. The second-order valence-electron chi connectivity index (χ2n) is 4.52. The Labute approximate surface area is 132 Å². The highest BCUT2D eigenvalue weighted by Crippen LogP contribution is 2.34. The van der Waals surface area contributed by atoms with Crippen LogP contribution >= 0.6 is 11.6 Å². The van der Waals surface area contributed by atoms with E-state index in [-0.39, 0.29) is 16.3 Å². The van der Waals surface area contributed by atoms with Gasteiger partial charge in [0.25, 0.3) is 5.91 Å². The summed E-state index contributed by atoms with van der Waals surface area (Å²) in [6.07, 6.45) is -3.47. The number of hydrogen-bond donors (Lipinski definition) is 2. The van der Waals surface area contributed by atoms with Crippen LogP contribution in [0.2, 0.25) is 5.02 Å². The molecule has 0 aliphatic rings. The number of carbonyl (C=O) groups excluding carboxylic acids is 1. The summed E-state index contributed by atoms with van der Waals surface area (Å²) in [4.78, 5) is 23.1. The van der Waals surface area contributed by atoms with Gasteiger partial charge in [-0.15, -0.1) is 0 Å². The smallest absolute Gasteiger partial charge is 0.416 e. The predicted molar refractivity (Wildman–Crippen MR) is 74.6 cm³/mol. The highest BCUT2D eigenvalue weighted by atomic mass is 35.5. The fourth-order valence-corrected chi connectivity index (χ4v) is 1.96. The van der Waals surface area contributed by atoms with E-state index >= 15 is 0 Å². The van der Waals surface area contributed by atoms with Crippen LogP contribution < -0.4 is 5.32 Å². The molecule has 23 heavy (non-hydrogen) atoms. The molecule has 6 nitrogen and oxygen atoms in total. The Kier molecular flexibility index (Phi) is 4.33. The summed E-state index contributed by atoms with van der Waals surface area (Å²) in [5.41, 5.74) is -2.10. The molecule has 2 aromatic rings. The number of hydrogen-bond acceptors (Lipinski definition) is 3. The molecule has 0 saturated heterocycles. The lowest BCUT2D eigenvalue weighted by molar-refractivity contribution is -0.137. The van der Waals surface area contributed by atoms with Crippen molar-refractivity contribution in [1.29, 1.82) is 0 Å². The summed E-state index contributed by atoms with van der Waals surface area (Å²) >= 11 is 5.77. The number of alkyl halides is 3. The van der Waals surface area contributed by atoms with E-state index < -0.39 is 29.3 Å². The lowest BCUT2D eigenvalue weighted by Crippen LogP contribution is -2.16. The normalized spacial score (nSPS) is 11.3. The average Bonchev–Trinajstić information content (AvgIpc) is 2.82. The fourth-order valence-electron chi connectivity index (χ4n) is 1.80. The first-order chi connectivity index (χ1) is 10.6. The SMILES string of the molecule is Cn1cc(C(=O)Nc2cc(C(F)(F)F)ccc2Cl)c(C(=O)O)n1. The van der Waals surface area contributed by atoms with Crippen LogP contribution in [0.4, 0.5) is 18.9 Å². The molecule has 0 fully saturated rings. The maximum absolute atomic E-state index is 12.7. The van der Waals surface area contributed by atoms with E-state index in [0.29, 0.717) is 6.07 Å². The molecule has 0 spiro atoms. The number of aryl methyl sites for hydroxylation is 1. The van der Waals surface area contributed by atoms with Gasteiger partial charge in [-0.05, 0) is 18.2 Å². The molecule has 0 atom stereocenters. The van der Waals surface area contributed by atoms with Gasteiger partial charge in [0.15, 0.2) is 5.69 Å². The van der Waals surface area contributed by atoms with Crippen LogP contribution in [0.3, 0.4) is 0 Å². The number of benzene rings is 1. The second kappa shape index (κ2) is 5.92. The topological polar surface area (TPSA) is 84.2 Å². The third-order valence-corrected chi connectivity index (χ3v) is 3.15. The van der Waals surface area contributed by atoms with Gasteiger partial charge >= 0.3 is 12.1 Å². The summed E-state index contributed by atoms with van der Waals surface area (Å²) in [5, 5.41) is 14.6. The number of nitrogens with one attached hydrogen (secondary N) is 1. The van der Waals surface area contributed by atoms with Crippen molar-refractivity contribution in [3.05, 3.63) is 46.2 Å². The number of carboxylic acid groups (broad SMARTS) is 1. The van der Waals surface area contributed by atoms with E-state index in [4.69, 9.17) is 16.7 Å². The molecule has 10 heteroatoms. The molecule has 1 aromatic carbocycles. The Hall–Kier alpha value is -2.55. The minimum absolute atomic E-state index is 0.118. The number of anilines is 1. The third-order valence-electron chi connectivity index (χ3n) is 2.82. The van der Waals surface area contributed by atoms with Crippen LogP contribution in [0, 0.1) is 0 Å². The molecule has 0 radical (unpaired) electrons. The number of aromatic nitrogens is 2. The minimum atomic E-state index is -4.61. The number of nitrogens with zero attached hydrogens (tertiary/aromatic N) is 2. The minimum Gasteiger partial charge on any atom is -0.476 e. The van der Waals surface area contributed by atoms with Gasteiger partial charge in [-0.3, -0.25) is 9.48 Å². The zero-order valence-corrected chi connectivity index (χ0v) is 12.2. The summed E-state index contributed by atoms with van der Waals surface area (Å²) in [7, 11) is 1.40. The van der Waals surface area contributed by atoms with Crippen molar-refractivity contribution < 1.29 is 27.9 Å². The van der Waals surface area contributed by atoms with Crippen LogP contribution in [0.5, 0.6) is 0 Å². The summed E-state index contributed by atoms with van der Waals surface area (Å²) in [6, 6.07) is 2.42. The van der Waals surface area contributed by atoms with Crippen LogP contribution in [0.1, 0.15) is 26.4 Å². The molecule has 0 bridgehead atoms. The molecule has 0 aliphatic carbocycles. The number of carboxylic acids is 1. The molecule has 2 N–H and O–H groups in total. The Balaban J connectivity index is 2.36. The molecular formula is C13H9ClF3N3O3. The molecule has 122 valence electrons. The van der Waals surface area contributed by atoms with Crippen molar-refractivity contribution in [3.63, 3.8) is 0 Å². The van der Waals surface area contributed by atoms with E-state index in [9.17, 15) is 22.8 Å². The van der Waals surface area contributed by atoms with Crippen molar-refractivity contribution in [2.75, 3.05) is 5.32 Å². The fraction of sp³-hybridized carbons (Fsp3) is 0.154. The average molecular weight is 348 g/mol. The Bertz CT molecular complexity index is 787. The number of carbonyl (C=O) groups is 2. The first-order valence-electron chi connectivity index (χ1n) is 6.04. The molecule has 1 amide bonds. The van der Waals surface area contributed by atoms with Gasteiger partial charge in [0.05, 0.1) is 21.8 Å². The van der Waals surface area contributed by atoms with Gasteiger partial charge in [-0.25, -0.2) is 4.79 Å². The number of amides is 1. The van der Waals surface area contributed by atoms with Crippen LogP contribution in [-0.2, 0) is 13.2 Å². The molecule has 0 saturated carbocycles. The van der Waals surface area contributed by atoms with E-state index in [1.54, 1.807) is 0 Å². The Morgan fingerprint density at radius 1 is 1.35 bits per heavy atom. The first-order valence-corrected chi connectivity index (χ1v) is 6.42. The standard InChI is InChI=1S/C13H9ClF3N3O3/c1-20-5-7(10(19-20)12(22)23)11(21)18-9-4-6(13(15,16)17)2-3-8(9)14/h2-5H,1H3,(H,18,21)(H,22,23). The van der Waals surface area contributed by atoms with Gasteiger partial charge < -0.3 is 10.4 Å². The Morgan fingerprint density at radius 3 is 2.57 bits per heavy atom. The predicted octanol–water partition coefficient (Wildman–Crippen LogP) is 3.04. The van der Waals surface area contributed by atoms with Crippen molar-refractivity contribution in [2.45, 2.75) is 6.18 Å². The highest BCUT2D eigenvalue weighted by molar-refractivity contribution is 6.34. The maximum Gasteiger partial charge on any atom is 0.416 e. The number of halogens is 4. The zero-order valence-electron chi connectivity index (χ0n) is 11.5. The lowest BCUT2D eigenvalue weighted by atomic mass is 10.1. The van der Waals surface area contributed by atoms with Crippen molar-refractivity contribution in [1.82, 2.24) is 9.78 Å². The van der Waals surface area contributed by atoms with Crippen molar-refractivity contribution in [2.24, 2.45) is 7.05 Å². The molecule has 0 unspecified atom stereocenters. The largest absolute Gasteiger partial charge is 0.476 e. The zero-order chi connectivity index (χ0) is 17.4. The van der Waals surface area contributed by atoms with Crippen LogP contribution in [-0.4, -0.2) is 26.8 Å². The third kappa shape index (κ3) is 3.62. The molecule has 1 aromatic heterocycles. The molecular weight excluding hydrogens is 339 g/mol. The van der Waals surface area contributed by atoms with Crippen LogP contribution in [0.15, 0.2) is 24.4 Å². The molecule has 0 aliphatic heterocycles.